The van der Waals surface area contributed by atoms with Crippen molar-refractivity contribution in [1.29, 1.82) is 0 Å². The lowest BCUT2D eigenvalue weighted by atomic mass is 9.77. The Morgan fingerprint density at radius 3 is 2.46 bits per heavy atom. The SMILES string of the molecule is [2H]C([2H])([2H])c1cc(C)c(-c2cccc[n+]2C)c2c1-c1ccccc1C2(C)C. The minimum atomic E-state index is -2.15. The van der Waals surface area contributed by atoms with Gasteiger partial charge in [0, 0.05) is 21.7 Å². The summed E-state index contributed by atoms with van der Waals surface area (Å²) in [6.07, 6.45) is 2.04. The van der Waals surface area contributed by atoms with Crippen LogP contribution in [0.25, 0.3) is 22.4 Å². The van der Waals surface area contributed by atoms with E-state index in [9.17, 15) is 0 Å². The van der Waals surface area contributed by atoms with Gasteiger partial charge in [-0.2, -0.15) is 0 Å². The van der Waals surface area contributed by atoms with Crippen LogP contribution in [0.1, 0.15) is 40.2 Å². The maximum absolute atomic E-state index is 8.15. The molecule has 0 saturated carbocycles. The molecule has 1 heteroatoms. The molecule has 0 amide bonds. The Hall–Kier alpha value is -2.41. The van der Waals surface area contributed by atoms with Crippen LogP contribution in [0.4, 0.5) is 0 Å². The van der Waals surface area contributed by atoms with Crippen LogP contribution in [0, 0.1) is 13.8 Å². The zero-order valence-electron chi connectivity index (χ0n) is 17.6. The van der Waals surface area contributed by atoms with Gasteiger partial charge in [-0.3, -0.25) is 0 Å². The molecule has 1 aliphatic carbocycles. The normalized spacial score (nSPS) is 16.8. The first-order valence-electron chi connectivity index (χ1n) is 9.87. The van der Waals surface area contributed by atoms with Gasteiger partial charge >= 0.3 is 0 Å². The lowest BCUT2D eigenvalue weighted by molar-refractivity contribution is -0.660. The zero-order valence-corrected chi connectivity index (χ0v) is 14.6. The van der Waals surface area contributed by atoms with E-state index in [-0.39, 0.29) is 5.41 Å². The molecule has 0 N–H and O–H groups in total. The van der Waals surface area contributed by atoms with Crippen molar-refractivity contribution >= 4 is 0 Å². The van der Waals surface area contributed by atoms with Crippen LogP contribution in [-0.4, -0.2) is 0 Å². The van der Waals surface area contributed by atoms with Crippen molar-refractivity contribution < 1.29 is 8.68 Å². The monoisotopic (exact) mass is 317 g/mol. The van der Waals surface area contributed by atoms with Crippen molar-refractivity contribution in [3.63, 3.8) is 0 Å². The first-order chi connectivity index (χ1) is 12.6. The molecule has 0 bridgehead atoms. The zero-order chi connectivity index (χ0) is 19.6. The van der Waals surface area contributed by atoms with Crippen molar-refractivity contribution in [2.75, 3.05) is 0 Å². The summed E-state index contributed by atoms with van der Waals surface area (Å²) in [4.78, 5) is 0. The van der Waals surface area contributed by atoms with Crippen molar-refractivity contribution in [2.24, 2.45) is 7.05 Å². The highest BCUT2D eigenvalue weighted by molar-refractivity contribution is 5.90. The predicted molar refractivity (Wildman–Crippen MR) is 100 cm³/mol. The van der Waals surface area contributed by atoms with Crippen LogP contribution in [0.3, 0.4) is 0 Å². The van der Waals surface area contributed by atoms with Gasteiger partial charge in [0.15, 0.2) is 6.20 Å². The molecular formula is C23H24N+. The van der Waals surface area contributed by atoms with Gasteiger partial charge < -0.3 is 0 Å². The molecule has 0 aliphatic heterocycles. The third kappa shape index (κ3) is 1.91. The maximum Gasteiger partial charge on any atom is 0.212 e. The largest absolute Gasteiger partial charge is 0.212 e. The van der Waals surface area contributed by atoms with Crippen LogP contribution in [-0.2, 0) is 12.5 Å². The molecule has 0 unspecified atom stereocenters. The van der Waals surface area contributed by atoms with E-state index in [0.29, 0.717) is 5.56 Å². The highest BCUT2D eigenvalue weighted by Crippen LogP contribution is 2.53. The third-order valence-electron chi connectivity index (χ3n) is 5.33. The van der Waals surface area contributed by atoms with E-state index in [1.54, 1.807) is 0 Å². The summed E-state index contributed by atoms with van der Waals surface area (Å²) in [7, 11) is 2.04. The molecule has 2 aromatic carbocycles. The van der Waals surface area contributed by atoms with E-state index in [1.807, 2.05) is 50.5 Å². The first kappa shape index (κ1) is 12.0. The topological polar surface area (TPSA) is 3.88 Å². The fourth-order valence-corrected chi connectivity index (χ4v) is 4.22. The van der Waals surface area contributed by atoms with Crippen LogP contribution in [0.2, 0.25) is 0 Å². The number of fused-ring (bicyclic) bond motifs is 3. The van der Waals surface area contributed by atoms with Gasteiger partial charge in [0.05, 0.1) is 5.56 Å². The molecule has 4 rings (SSSR count). The third-order valence-corrected chi connectivity index (χ3v) is 5.33. The molecule has 0 fully saturated rings. The van der Waals surface area contributed by atoms with E-state index in [2.05, 4.69) is 36.6 Å². The minimum absolute atomic E-state index is 0.268. The number of pyridine rings is 1. The smallest absolute Gasteiger partial charge is 0.201 e. The van der Waals surface area contributed by atoms with Crippen LogP contribution >= 0.6 is 0 Å². The van der Waals surface area contributed by atoms with Gasteiger partial charge in [0.2, 0.25) is 5.69 Å². The summed E-state index contributed by atoms with van der Waals surface area (Å²) in [5.41, 5.74) is 7.68. The van der Waals surface area contributed by atoms with Gasteiger partial charge in [0.25, 0.3) is 0 Å². The average molecular weight is 317 g/mol. The predicted octanol–water partition coefficient (Wildman–Crippen LogP) is 5.10. The number of benzene rings is 2. The van der Waals surface area contributed by atoms with E-state index >= 15 is 0 Å². The van der Waals surface area contributed by atoms with E-state index < -0.39 is 6.85 Å². The Labute approximate surface area is 148 Å². The Kier molecular flexibility index (Phi) is 2.53. The number of aromatic nitrogens is 1. The van der Waals surface area contributed by atoms with E-state index in [4.69, 9.17) is 4.11 Å². The number of hydrogen-bond donors (Lipinski definition) is 0. The van der Waals surface area contributed by atoms with E-state index in [0.717, 1.165) is 33.5 Å². The van der Waals surface area contributed by atoms with Crippen LogP contribution < -0.4 is 4.57 Å². The Balaban J connectivity index is 2.21. The number of rotatable bonds is 1. The molecule has 1 heterocycles. The summed E-state index contributed by atoms with van der Waals surface area (Å²) in [6, 6.07) is 16.2. The molecule has 0 radical (unpaired) electrons. The number of hydrogen-bond acceptors (Lipinski definition) is 0. The van der Waals surface area contributed by atoms with Gasteiger partial charge in [-0.15, -0.1) is 0 Å². The van der Waals surface area contributed by atoms with Gasteiger partial charge in [-0.1, -0.05) is 44.2 Å². The van der Waals surface area contributed by atoms with Gasteiger partial charge in [0.1, 0.15) is 7.05 Å². The molecule has 24 heavy (non-hydrogen) atoms. The van der Waals surface area contributed by atoms with Crippen LogP contribution in [0.15, 0.2) is 54.7 Å². The van der Waals surface area contributed by atoms with E-state index in [1.165, 1.54) is 5.56 Å². The lowest BCUT2D eigenvalue weighted by Crippen LogP contribution is -2.31. The summed E-state index contributed by atoms with van der Waals surface area (Å²) < 4.78 is 26.6. The lowest BCUT2D eigenvalue weighted by Gasteiger charge is -2.25. The minimum Gasteiger partial charge on any atom is -0.201 e. The summed E-state index contributed by atoms with van der Waals surface area (Å²) in [6.45, 7) is 4.27. The van der Waals surface area contributed by atoms with Crippen molar-refractivity contribution in [3.05, 3.63) is 77.0 Å². The summed E-state index contributed by atoms with van der Waals surface area (Å²) >= 11 is 0. The van der Waals surface area contributed by atoms with Gasteiger partial charge in [-0.25, -0.2) is 4.57 Å². The molecule has 3 aromatic rings. The van der Waals surface area contributed by atoms with Crippen molar-refractivity contribution in [1.82, 2.24) is 0 Å². The summed E-state index contributed by atoms with van der Waals surface area (Å²) in [5, 5.41) is 0. The average Bonchev–Trinajstić information content (AvgIpc) is 2.83. The fourth-order valence-electron chi connectivity index (χ4n) is 4.22. The highest BCUT2D eigenvalue weighted by Gasteiger charge is 2.40. The molecule has 1 aliphatic rings. The standard InChI is InChI=1S/C23H24N/c1-15-14-16(2)21(19-12-8-9-13-24(19)5)22-20(15)17-10-6-7-11-18(17)23(22,3)4/h6-14H,1-5H3/q+1/i1D3. The molecule has 120 valence electrons. The number of nitrogens with zero attached hydrogens (tertiary/aromatic N) is 1. The van der Waals surface area contributed by atoms with Crippen molar-refractivity contribution in [3.8, 4) is 22.4 Å². The van der Waals surface area contributed by atoms with Crippen LogP contribution in [0.5, 0.6) is 0 Å². The molecule has 0 spiro atoms. The molecular weight excluding hydrogens is 290 g/mol. The Bertz CT molecular complexity index is 1060. The second-order valence-corrected chi connectivity index (χ2v) is 7.23. The Morgan fingerprint density at radius 1 is 0.958 bits per heavy atom. The quantitative estimate of drug-likeness (QED) is 0.550. The summed E-state index contributed by atoms with van der Waals surface area (Å²) in [5.74, 6) is 0. The van der Waals surface area contributed by atoms with Crippen molar-refractivity contribution in [2.45, 2.75) is 33.0 Å². The second kappa shape index (κ2) is 5.04. The molecule has 0 atom stereocenters. The molecule has 0 saturated heterocycles. The van der Waals surface area contributed by atoms with Gasteiger partial charge in [-0.05, 0) is 53.2 Å². The maximum atomic E-state index is 8.15. The number of aryl methyl sites for hydroxylation is 3. The second-order valence-electron chi connectivity index (χ2n) is 7.23. The molecule has 1 aromatic heterocycles. The fraction of sp³-hybridized carbons (Fsp3) is 0.261. The Morgan fingerprint density at radius 2 is 1.71 bits per heavy atom. The molecule has 1 nitrogen and oxygen atoms in total. The first-order valence-corrected chi connectivity index (χ1v) is 8.37. The highest BCUT2D eigenvalue weighted by atomic mass is 14.9.